The fourth-order valence-corrected chi connectivity index (χ4v) is 3.00. The van der Waals surface area contributed by atoms with E-state index in [0.29, 0.717) is 5.95 Å². The highest BCUT2D eigenvalue weighted by Crippen LogP contribution is 2.23. The number of nitrogens with one attached hydrogen (secondary N) is 2. The zero-order chi connectivity index (χ0) is 14.9. The van der Waals surface area contributed by atoms with Crippen molar-refractivity contribution in [1.29, 1.82) is 0 Å². The molecule has 4 nitrogen and oxygen atoms in total. The molecule has 2 N–H and O–H groups in total. The number of para-hydroxylation sites is 2. The van der Waals surface area contributed by atoms with E-state index in [0.717, 1.165) is 16.7 Å². The minimum absolute atomic E-state index is 0.668. The lowest BCUT2D eigenvalue weighted by Crippen LogP contribution is -2.01. The Hall–Kier alpha value is -2.62. The number of benzene rings is 2. The van der Waals surface area contributed by atoms with E-state index >= 15 is 0 Å². The largest absolute Gasteiger partial charge is 0.323 e. The minimum atomic E-state index is 0.668. The van der Waals surface area contributed by atoms with Crippen LogP contribution >= 0.6 is 0 Å². The lowest BCUT2D eigenvalue weighted by Gasteiger charge is -2.05. The average molecular weight is 290 g/mol. The van der Waals surface area contributed by atoms with Crippen LogP contribution in [0.3, 0.4) is 0 Å². The van der Waals surface area contributed by atoms with Crippen LogP contribution in [0.1, 0.15) is 30.0 Å². The molecule has 2 aromatic carbocycles. The van der Waals surface area contributed by atoms with Crippen molar-refractivity contribution in [2.24, 2.45) is 5.10 Å². The number of hydrogen-bond donors (Lipinski definition) is 2. The summed E-state index contributed by atoms with van der Waals surface area (Å²) in [5.41, 5.74) is 10.1. The van der Waals surface area contributed by atoms with Crippen LogP contribution < -0.4 is 5.43 Å². The number of aryl methyl sites for hydroxylation is 2. The van der Waals surface area contributed by atoms with Crippen molar-refractivity contribution < 1.29 is 0 Å². The minimum Gasteiger partial charge on any atom is -0.323 e. The number of hydrazone groups is 1. The van der Waals surface area contributed by atoms with Gasteiger partial charge in [-0.1, -0.05) is 24.3 Å². The summed E-state index contributed by atoms with van der Waals surface area (Å²) >= 11 is 0. The number of imidazole rings is 1. The zero-order valence-corrected chi connectivity index (χ0v) is 12.6. The molecule has 4 rings (SSSR count). The Kier molecular flexibility index (Phi) is 3.15. The van der Waals surface area contributed by atoms with Crippen LogP contribution in [0.15, 0.2) is 47.6 Å². The monoisotopic (exact) mass is 290 g/mol. The molecule has 3 aromatic rings. The third-order valence-corrected chi connectivity index (χ3v) is 4.24. The quantitative estimate of drug-likeness (QED) is 0.568. The highest BCUT2D eigenvalue weighted by molar-refractivity contribution is 5.99. The first kappa shape index (κ1) is 13.1. The fraction of sp³-hybridized carbons (Fsp3) is 0.222. The Morgan fingerprint density at radius 2 is 2.00 bits per heavy atom. The normalized spacial score (nSPS) is 14.3. The summed E-state index contributed by atoms with van der Waals surface area (Å²) in [6.45, 7) is 2.02. The summed E-state index contributed by atoms with van der Waals surface area (Å²) in [4.78, 5) is 7.68. The fourth-order valence-electron chi connectivity index (χ4n) is 3.00. The molecule has 0 saturated heterocycles. The topological polar surface area (TPSA) is 53.1 Å². The average Bonchev–Trinajstić information content (AvgIpc) is 3.17. The van der Waals surface area contributed by atoms with Crippen LogP contribution in [-0.4, -0.2) is 15.7 Å². The smallest absolute Gasteiger partial charge is 0.222 e. The van der Waals surface area contributed by atoms with E-state index in [-0.39, 0.29) is 0 Å². The predicted molar refractivity (Wildman–Crippen MR) is 90.4 cm³/mol. The Labute approximate surface area is 129 Å². The molecule has 1 aliphatic carbocycles. The second-order valence-corrected chi connectivity index (χ2v) is 5.75. The van der Waals surface area contributed by atoms with E-state index in [4.69, 9.17) is 0 Å². The van der Waals surface area contributed by atoms with Crippen molar-refractivity contribution in [2.75, 3.05) is 5.43 Å². The van der Waals surface area contributed by atoms with Gasteiger partial charge in [-0.05, 0) is 61.1 Å². The van der Waals surface area contributed by atoms with E-state index in [9.17, 15) is 0 Å². The van der Waals surface area contributed by atoms with Crippen LogP contribution in [0.4, 0.5) is 5.95 Å². The van der Waals surface area contributed by atoms with Gasteiger partial charge in [0.1, 0.15) is 0 Å². The maximum atomic E-state index is 4.46. The third-order valence-electron chi connectivity index (χ3n) is 4.24. The molecule has 0 radical (unpaired) electrons. The lowest BCUT2D eigenvalue weighted by atomic mass is 10.0. The summed E-state index contributed by atoms with van der Waals surface area (Å²) in [7, 11) is 0. The summed E-state index contributed by atoms with van der Waals surface area (Å²) < 4.78 is 0. The van der Waals surface area contributed by atoms with Gasteiger partial charge < -0.3 is 4.98 Å². The molecule has 4 heteroatoms. The van der Waals surface area contributed by atoms with Crippen molar-refractivity contribution in [1.82, 2.24) is 9.97 Å². The van der Waals surface area contributed by atoms with E-state index in [1.165, 1.54) is 36.0 Å². The first-order valence-electron chi connectivity index (χ1n) is 7.67. The number of rotatable bonds is 3. The second-order valence-electron chi connectivity index (χ2n) is 5.75. The van der Waals surface area contributed by atoms with Crippen LogP contribution in [0.25, 0.3) is 11.0 Å². The van der Waals surface area contributed by atoms with Gasteiger partial charge in [-0.25, -0.2) is 10.4 Å². The maximum absolute atomic E-state index is 4.46. The van der Waals surface area contributed by atoms with Gasteiger partial charge in [0.15, 0.2) is 0 Å². The zero-order valence-electron chi connectivity index (χ0n) is 12.6. The number of anilines is 1. The summed E-state index contributed by atoms with van der Waals surface area (Å²) in [5, 5.41) is 4.46. The van der Waals surface area contributed by atoms with Gasteiger partial charge in [-0.15, -0.1) is 0 Å². The molecule has 22 heavy (non-hydrogen) atoms. The molecule has 1 aliphatic rings. The van der Waals surface area contributed by atoms with Gasteiger partial charge in [0.2, 0.25) is 5.95 Å². The van der Waals surface area contributed by atoms with E-state index < -0.39 is 0 Å². The Bertz CT molecular complexity index is 827. The number of fused-ring (bicyclic) bond motifs is 2. The standard InChI is InChI=1S/C18H18N4/c1-12(14-10-9-13-5-4-6-15(13)11-14)21-22-18-19-16-7-2-3-8-17(16)20-18/h2-3,7-11H,4-6H2,1H3,(H2,19,20,22)/b21-12-. The van der Waals surface area contributed by atoms with Crippen molar-refractivity contribution >= 4 is 22.7 Å². The molecule has 0 unspecified atom stereocenters. The molecular weight excluding hydrogens is 272 g/mol. The predicted octanol–water partition coefficient (Wildman–Crippen LogP) is 3.89. The van der Waals surface area contributed by atoms with Gasteiger partial charge in [0.05, 0.1) is 16.7 Å². The molecule has 0 bridgehead atoms. The van der Waals surface area contributed by atoms with Gasteiger partial charge in [0, 0.05) is 0 Å². The second kappa shape index (κ2) is 5.30. The van der Waals surface area contributed by atoms with Gasteiger partial charge in [0.25, 0.3) is 0 Å². The van der Waals surface area contributed by atoms with Crippen molar-refractivity contribution in [3.05, 3.63) is 59.2 Å². The first-order valence-corrected chi connectivity index (χ1v) is 7.67. The van der Waals surface area contributed by atoms with Crippen molar-refractivity contribution in [2.45, 2.75) is 26.2 Å². The van der Waals surface area contributed by atoms with Crippen LogP contribution in [0, 0.1) is 0 Å². The highest BCUT2D eigenvalue weighted by Gasteiger charge is 2.11. The Morgan fingerprint density at radius 3 is 2.91 bits per heavy atom. The SMILES string of the molecule is C/C(=N/Nc1nc2ccccc2[nH]1)c1ccc2c(c1)CCC2. The van der Waals surface area contributed by atoms with Crippen LogP contribution in [0.2, 0.25) is 0 Å². The molecule has 1 aromatic heterocycles. The summed E-state index contributed by atoms with van der Waals surface area (Å²) in [6.07, 6.45) is 3.67. The van der Waals surface area contributed by atoms with E-state index in [1.807, 2.05) is 31.2 Å². The van der Waals surface area contributed by atoms with Crippen molar-refractivity contribution in [3.63, 3.8) is 0 Å². The molecule has 0 aliphatic heterocycles. The summed E-state index contributed by atoms with van der Waals surface area (Å²) in [6, 6.07) is 14.6. The molecular formula is C18H18N4. The lowest BCUT2D eigenvalue weighted by molar-refractivity contribution is 0.912. The molecule has 0 saturated carbocycles. The third kappa shape index (κ3) is 2.37. The Morgan fingerprint density at radius 1 is 1.14 bits per heavy atom. The van der Waals surface area contributed by atoms with Crippen molar-refractivity contribution in [3.8, 4) is 0 Å². The van der Waals surface area contributed by atoms with E-state index in [2.05, 4.69) is 38.7 Å². The Balaban J connectivity index is 1.57. The summed E-state index contributed by atoms with van der Waals surface area (Å²) in [5.74, 6) is 0.668. The number of nitrogens with zero attached hydrogens (tertiary/aromatic N) is 2. The van der Waals surface area contributed by atoms with Gasteiger partial charge in [-0.3, -0.25) is 0 Å². The molecule has 0 spiro atoms. The number of aromatic nitrogens is 2. The number of H-pyrrole nitrogens is 1. The molecule has 0 amide bonds. The highest BCUT2D eigenvalue weighted by atomic mass is 15.4. The molecule has 110 valence electrons. The number of hydrogen-bond acceptors (Lipinski definition) is 3. The molecule has 0 fully saturated rings. The molecule has 1 heterocycles. The first-order chi connectivity index (χ1) is 10.8. The van der Waals surface area contributed by atoms with Crippen LogP contribution in [0.5, 0.6) is 0 Å². The maximum Gasteiger partial charge on any atom is 0.222 e. The van der Waals surface area contributed by atoms with Gasteiger partial charge in [-0.2, -0.15) is 5.10 Å². The number of aromatic amines is 1. The van der Waals surface area contributed by atoms with Crippen LogP contribution in [-0.2, 0) is 12.8 Å². The van der Waals surface area contributed by atoms with Gasteiger partial charge >= 0.3 is 0 Å². The molecule has 0 atom stereocenters. The van der Waals surface area contributed by atoms with E-state index in [1.54, 1.807) is 0 Å².